The summed E-state index contributed by atoms with van der Waals surface area (Å²) in [6.07, 6.45) is -0.613. The zero-order valence-corrected chi connectivity index (χ0v) is 11.8. The van der Waals surface area contributed by atoms with E-state index in [1.54, 1.807) is 24.3 Å². The minimum atomic E-state index is -3.71. The molecule has 3 rings (SSSR count). The molecular formula is C14H16O5S. The molecule has 1 aromatic carbocycles. The first-order chi connectivity index (χ1) is 9.47. The molecule has 20 heavy (non-hydrogen) atoms. The predicted molar refractivity (Wildman–Crippen MR) is 71.9 cm³/mol. The van der Waals surface area contributed by atoms with Crippen LogP contribution in [0.5, 0.6) is 0 Å². The number of aryl methyl sites for hydroxylation is 1. The lowest BCUT2D eigenvalue weighted by Gasteiger charge is -2.18. The Balaban J connectivity index is 2.04. The summed E-state index contributed by atoms with van der Waals surface area (Å²) in [5.74, 6) is 0. The summed E-state index contributed by atoms with van der Waals surface area (Å²) in [7, 11) is -3.71. The fraction of sp³-hybridized carbons (Fsp3) is 0.429. The standard InChI is InChI=1S/C14H16O5S/c1-3-12-14(13(19-14)11(8-15)18-12)20(16,17)10-6-4-9(2)5-7-10/h3-7,11-13,15H,1,8H2,2H3/t11-,12+,13-,14-/m1/s1. The molecule has 0 spiro atoms. The number of rotatable bonds is 4. The Kier molecular flexibility index (Phi) is 3.02. The van der Waals surface area contributed by atoms with Gasteiger partial charge in [-0.2, -0.15) is 0 Å². The molecule has 2 aliphatic heterocycles. The van der Waals surface area contributed by atoms with Crippen LogP contribution in [0.4, 0.5) is 0 Å². The van der Waals surface area contributed by atoms with Crippen molar-refractivity contribution in [1.82, 2.24) is 0 Å². The first kappa shape index (κ1) is 13.8. The highest BCUT2D eigenvalue weighted by Crippen LogP contribution is 2.56. The first-order valence-electron chi connectivity index (χ1n) is 6.35. The van der Waals surface area contributed by atoms with E-state index in [2.05, 4.69) is 6.58 Å². The highest BCUT2D eigenvalue weighted by Gasteiger charge is 2.77. The molecule has 6 heteroatoms. The largest absolute Gasteiger partial charge is 0.394 e. The van der Waals surface area contributed by atoms with Crippen LogP contribution < -0.4 is 0 Å². The molecule has 2 fully saturated rings. The number of hydrogen-bond donors (Lipinski definition) is 1. The Morgan fingerprint density at radius 2 is 2.05 bits per heavy atom. The molecule has 1 aromatic rings. The van der Waals surface area contributed by atoms with Crippen LogP contribution in [-0.2, 0) is 19.3 Å². The van der Waals surface area contributed by atoms with Gasteiger partial charge in [0.15, 0.2) is 0 Å². The van der Waals surface area contributed by atoms with Gasteiger partial charge >= 0.3 is 0 Å². The number of ether oxygens (including phenoxy) is 2. The average molecular weight is 296 g/mol. The van der Waals surface area contributed by atoms with Crippen molar-refractivity contribution < 1.29 is 23.0 Å². The molecular weight excluding hydrogens is 280 g/mol. The Morgan fingerprint density at radius 1 is 1.40 bits per heavy atom. The number of fused-ring (bicyclic) bond motifs is 1. The Bertz CT molecular complexity index is 636. The summed E-state index contributed by atoms with van der Waals surface area (Å²) in [5.41, 5.74) is 0.978. The zero-order chi connectivity index (χ0) is 14.5. The summed E-state index contributed by atoms with van der Waals surface area (Å²) in [4.78, 5) is -1.24. The Labute approximate surface area is 117 Å². The van der Waals surface area contributed by atoms with Crippen LogP contribution in [0.25, 0.3) is 0 Å². The number of aliphatic hydroxyl groups excluding tert-OH is 1. The van der Waals surface area contributed by atoms with Crippen molar-refractivity contribution in [3.8, 4) is 0 Å². The van der Waals surface area contributed by atoms with Crippen molar-refractivity contribution in [2.24, 2.45) is 0 Å². The van der Waals surface area contributed by atoms with E-state index in [4.69, 9.17) is 9.47 Å². The van der Waals surface area contributed by atoms with E-state index in [1.807, 2.05) is 6.92 Å². The molecule has 0 aliphatic carbocycles. The van der Waals surface area contributed by atoms with Crippen LogP contribution in [0.15, 0.2) is 41.8 Å². The number of hydrogen-bond acceptors (Lipinski definition) is 5. The lowest BCUT2D eigenvalue weighted by atomic mass is 10.2. The van der Waals surface area contributed by atoms with Crippen LogP contribution in [0.3, 0.4) is 0 Å². The number of benzene rings is 1. The van der Waals surface area contributed by atoms with Gasteiger partial charge in [-0.05, 0) is 19.1 Å². The third-order valence-corrected chi connectivity index (χ3v) is 6.15. The highest BCUT2D eigenvalue weighted by molar-refractivity contribution is 7.93. The van der Waals surface area contributed by atoms with E-state index in [1.165, 1.54) is 6.08 Å². The summed E-state index contributed by atoms with van der Waals surface area (Å²) in [6, 6.07) is 6.60. The maximum Gasteiger partial charge on any atom is 0.232 e. The van der Waals surface area contributed by atoms with E-state index in [0.29, 0.717) is 0 Å². The average Bonchev–Trinajstić information content (AvgIpc) is 3.11. The van der Waals surface area contributed by atoms with Crippen LogP contribution in [-0.4, -0.2) is 43.4 Å². The molecule has 2 aliphatic rings. The molecule has 0 saturated carbocycles. The van der Waals surface area contributed by atoms with E-state index >= 15 is 0 Å². The van der Waals surface area contributed by atoms with Crippen molar-refractivity contribution in [1.29, 1.82) is 0 Å². The number of epoxide rings is 1. The van der Waals surface area contributed by atoms with Crippen molar-refractivity contribution in [2.75, 3.05) is 6.61 Å². The fourth-order valence-corrected chi connectivity index (χ4v) is 4.72. The molecule has 108 valence electrons. The molecule has 0 radical (unpaired) electrons. The summed E-state index contributed by atoms with van der Waals surface area (Å²) in [5, 5.41) is 9.23. The molecule has 4 atom stereocenters. The van der Waals surface area contributed by atoms with Gasteiger partial charge in [-0.15, -0.1) is 6.58 Å². The molecule has 2 heterocycles. The van der Waals surface area contributed by atoms with Crippen molar-refractivity contribution in [3.63, 3.8) is 0 Å². The fourth-order valence-electron chi connectivity index (χ4n) is 2.71. The van der Waals surface area contributed by atoms with Gasteiger partial charge in [-0.1, -0.05) is 23.8 Å². The molecule has 5 nitrogen and oxygen atoms in total. The summed E-state index contributed by atoms with van der Waals surface area (Å²) < 4.78 is 36.5. The normalized spacial score (nSPS) is 35.6. The van der Waals surface area contributed by atoms with Crippen molar-refractivity contribution in [2.45, 2.75) is 35.1 Å². The van der Waals surface area contributed by atoms with Crippen LogP contribution in [0, 0.1) is 6.92 Å². The van der Waals surface area contributed by atoms with E-state index in [0.717, 1.165) is 5.56 Å². The quantitative estimate of drug-likeness (QED) is 0.657. The van der Waals surface area contributed by atoms with Gasteiger partial charge < -0.3 is 14.6 Å². The van der Waals surface area contributed by atoms with Gasteiger partial charge in [-0.3, -0.25) is 0 Å². The Morgan fingerprint density at radius 3 is 2.60 bits per heavy atom. The van der Waals surface area contributed by atoms with E-state index in [-0.39, 0.29) is 11.5 Å². The van der Waals surface area contributed by atoms with Crippen LogP contribution >= 0.6 is 0 Å². The second-order valence-electron chi connectivity index (χ2n) is 5.09. The molecule has 0 amide bonds. The monoisotopic (exact) mass is 296 g/mol. The van der Waals surface area contributed by atoms with Gasteiger partial charge in [0.05, 0.1) is 11.5 Å². The van der Waals surface area contributed by atoms with Crippen molar-refractivity contribution in [3.05, 3.63) is 42.5 Å². The minimum absolute atomic E-state index is 0.194. The predicted octanol–water partition coefficient (Wildman–Crippen LogP) is 0.810. The summed E-state index contributed by atoms with van der Waals surface area (Å²) >= 11 is 0. The molecule has 1 N–H and O–H groups in total. The first-order valence-corrected chi connectivity index (χ1v) is 7.83. The molecule has 0 unspecified atom stereocenters. The van der Waals surface area contributed by atoms with E-state index < -0.39 is 33.1 Å². The number of sulfone groups is 1. The van der Waals surface area contributed by atoms with E-state index in [9.17, 15) is 13.5 Å². The highest BCUT2D eigenvalue weighted by atomic mass is 32.2. The lowest BCUT2D eigenvalue weighted by molar-refractivity contribution is -0.0379. The third kappa shape index (κ3) is 1.62. The second kappa shape index (κ2) is 4.39. The van der Waals surface area contributed by atoms with Gasteiger partial charge in [0.1, 0.15) is 18.3 Å². The lowest BCUT2D eigenvalue weighted by Crippen LogP contribution is -2.35. The molecule has 0 aromatic heterocycles. The van der Waals surface area contributed by atoms with Gasteiger partial charge in [0.25, 0.3) is 0 Å². The van der Waals surface area contributed by atoms with Crippen LogP contribution in [0.1, 0.15) is 5.56 Å². The van der Waals surface area contributed by atoms with Gasteiger partial charge in [-0.25, -0.2) is 8.42 Å². The van der Waals surface area contributed by atoms with Gasteiger partial charge in [0.2, 0.25) is 14.8 Å². The maximum atomic E-state index is 12.8. The third-order valence-electron chi connectivity index (χ3n) is 3.85. The zero-order valence-electron chi connectivity index (χ0n) is 11.0. The Hall–Kier alpha value is -1.21. The van der Waals surface area contributed by atoms with Crippen LogP contribution in [0.2, 0.25) is 0 Å². The minimum Gasteiger partial charge on any atom is -0.394 e. The molecule has 2 saturated heterocycles. The maximum absolute atomic E-state index is 12.8. The SMILES string of the molecule is C=C[C@@H]1O[C@H](CO)[C@H]2O[C@@]12S(=O)(=O)c1ccc(C)cc1. The summed E-state index contributed by atoms with van der Waals surface area (Å²) in [6.45, 7) is 5.21. The topological polar surface area (TPSA) is 76.1 Å². The smallest absolute Gasteiger partial charge is 0.232 e. The second-order valence-corrected chi connectivity index (χ2v) is 7.21. The van der Waals surface area contributed by atoms with Crippen molar-refractivity contribution >= 4 is 9.84 Å². The number of aliphatic hydroxyl groups is 1. The molecule has 0 bridgehead atoms. The van der Waals surface area contributed by atoms with Gasteiger partial charge in [0, 0.05) is 0 Å².